The van der Waals surface area contributed by atoms with Crippen LogP contribution in [-0.4, -0.2) is 49.6 Å². The summed E-state index contributed by atoms with van der Waals surface area (Å²) >= 11 is 0. The lowest BCUT2D eigenvalue weighted by Gasteiger charge is -2.36. The SMILES string of the molecule is O=C(NCCC(=O)N1CCN(c2ccccc2F)CC1)Nc1ccccc1. The molecule has 0 aromatic heterocycles. The largest absolute Gasteiger partial charge is 0.366 e. The average molecular weight is 370 g/mol. The molecule has 0 aliphatic carbocycles. The second-order valence-electron chi connectivity index (χ2n) is 6.32. The number of halogens is 1. The highest BCUT2D eigenvalue weighted by atomic mass is 19.1. The van der Waals surface area contributed by atoms with Crippen LogP contribution in [0.2, 0.25) is 0 Å². The number of benzene rings is 2. The van der Waals surface area contributed by atoms with E-state index in [4.69, 9.17) is 0 Å². The minimum Gasteiger partial charge on any atom is -0.366 e. The number of anilines is 2. The summed E-state index contributed by atoms with van der Waals surface area (Å²) in [6.07, 6.45) is 0.238. The number of nitrogens with zero attached hydrogens (tertiary/aromatic N) is 2. The summed E-state index contributed by atoms with van der Waals surface area (Å²) in [5, 5.41) is 5.39. The van der Waals surface area contributed by atoms with Gasteiger partial charge < -0.3 is 20.4 Å². The normalized spacial score (nSPS) is 14.0. The van der Waals surface area contributed by atoms with Crippen molar-refractivity contribution in [1.29, 1.82) is 0 Å². The zero-order valence-corrected chi connectivity index (χ0v) is 15.0. The van der Waals surface area contributed by atoms with Crippen molar-refractivity contribution >= 4 is 23.3 Å². The molecule has 27 heavy (non-hydrogen) atoms. The van der Waals surface area contributed by atoms with E-state index in [0.717, 1.165) is 0 Å². The van der Waals surface area contributed by atoms with E-state index in [9.17, 15) is 14.0 Å². The molecule has 2 N–H and O–H groups in total. The van der Waals surface area contributed by atoms with Crippen LogP contribution in [0.15, 0.2) is 54.6 Å². The Labute approximate surface area is 158 Å². The molecular formula is C20H23FN4O2. The molecule has 0 saturated carbocycles. The van der Waals surface area contributed by atoms with Crippen molar-refractivity contribution < 1.29 is 14.0 Å². The fourth-order valence-corrected chi connectivity index (χ4v) is 3.04. The van der Waals surface area contributed by atoms with Crippen LogP contribution in [0.5, 0.6) is 0 Å². The molecule has 1 aliphatic rings. The van der Waals surface area contributed by atoms with Gasteiger partial charge in [0.1, 0.15) is 5.82 Å². The van der Waals surface area contributed by atoms with E-state index in [1.807, 2.05) is 29.2 Å². The van der Waals surface area contributed by atoms with Crippen LogP contribution in [0, 0.1) is 5.82 Å². The van der Waals surface area contributed by atoms with E-state index in [0.29, 0.717) is 37.6 Å². The Morgan fingerprint density at radius 2 is 1.59 bits per heavy atom. The molecule has 1 saturated heterocycles. The average Bonchev–Trinajstić information content (AvgIpc) is 2.69. The van der Waals surface area contributed by atoms with Crippen molar-refractivity contribution in [3.8, 4) is 0 Å². The molecule has 6 nitrogen and oxygen atoms in total. The zero-order valence-electron chi connectivity index (χ0n) is 15.0. The lowest BCUT2D eigenvalue weighted by molar-refractivity contribution is -0.131. The van der Waals surface area contributed by atoms with Crippen LogP contribution in [-0.2, 0) is 4.79 Å². The molecule has 7 heteroatoms. The summed E-state index contributed by atoms with van der Waals surface area (Å²) in [6.45, 7) is 2.54. The van der Waals surface area contributed by atoms with Gasteiger partial charge in [0.2, 0.25) is 5.91 Å². The fraction of sp³-hybridized carbons (Fsp3) is 0.300. The first-order valence-electron chi connectivity index (χ1n) is 9.00. The van der Waals surface area contributed by atoms with Crippen molar-refractivity contribution in [3.05, 3.63) is 60.4 Å². The number of carbonyl (C=O) groups excluding carboxylic acids is 2. The topological polar surface area (TPSA) is 64.7 Å². The molecule has 142 valence electrons. The molecule has 3 rings (SSSR count). The van der Waals surface area contributed by atoms with E-state index in [2.05, 4.69) is 10.6 Å². The molecule has 2 aromatic carbocycles. The Balaban J connectivity index is 1.38. The van der Waals surface area contributed by atoms with E-state index in [-0.39, 0.29) is 30.7 Å². The number of rotatable bonds is 5. The highest BCUT2D eigenvalue weighted by molar-refractivity contribution is 5.89. The summed E-state index contributed by atoms with van der Waals surface area (Å²) in [5.74, 6) is -0.255. The van der Waals surface area contributed by atoms with Gasteiger partial charge in [0.25, 0.3) is 0 Å². The van der Waals surface area contributed by atoms with Gasteiger partial charge in [-0.3, -0.25) is 4.79 Å². The minimum absolute atomic E-state index is 0.0109. The first kappa shape index (κ1) is 18.7. The highest BCUT2D eigenvalue weighted by Crippen LogP contribution is 2.20. The number of carbonyl (C=O) groups is 2. The van der Waals surface area contributed by atoms with Gasteiger partial charge in [-0.15, -0.1) is 0 Å². The Morgan fingerprint density at radius 3 is 2.30 bits per heavy atom. The molecule has 3 amide bonds. The summed E-state index contributed by atoms with van der Waals surface area (Å²) in [6, 6.07) is 15.5. The maximum atomic E-state index is 13.9. The smallest absolute Gasteiger partial charge is 0.319 e. The quantitative estimate of drug-likeness (QED) is 0.851. The molecule has 1 fully saturated rings. The number of urea groups is 1. The third kappa shape index (κ3) is 5.20. The number of nitrogens with one attached hydrogen (secondary N) is 2. The Morgan fingerprint density at radius 1 is 0.926 bits per heavy atom. The Hall–Kier alpha value is -3.09. The van der Waals surface area contributed by atoms with Gasteiger partial charge >= 0.3 is 6.03 Å². The summed E-state index contributed by atoms with van der Waals surface area (Å²) in [4.78, 5) is 27.8. The molecule has 0 bridgehead atoms. The van der Waals surface area contributed by atoms with Gasteiger partial charge in [0, 0.05) is 44.8 Å². The molecule has 1 heterocycles. The first-order valence-corrected chi connectivity index (χ1v) is 9.00. The van der Waals surface area contributed by atoms with Crippen molar-refractivity contribution in [3.63, 3.8) is 0 Å². The molecule has 0 radical (unpaired) electrons. The zero-order chi connectivity index (χ0) is 19.1. The number of hydrogen-bond donors (Lipinski definition) is 2. The van der Waals surface area contributed by atoms with Crippen molar-refractivity contribution in [2.24, 2.45) is 0 Å². The molecule has 2 aromatic rings. The van der Waals surface area contributed by atoms with Crippen LogP contribution in [0.4, 0.5) is 20.6 Å². The third-order valence-corrected chi connectivity index (χ3v) is 4.48. The van der Waals surface area contributed by atoms with E-state index < -0.39 is 0 Å². The maximum Gasteiger partial charge on any atom is 0.319 e. The first-order chi connectivity index (χ1) is 13.1. The Bertz CT molecular complexity index is 777. The number of amides is 3. The second kappa shape index (κ2) is 9.02. The van der Waals surface area contributed by atoms with Crippen molar-refractivity contribution in [2.75, 3.05) is 42.9 Å². The molecule has 1 aliphatic heterocycles. The number of para-hydroxylation sites is 2. The number of hydrogen-bond acceptors (Lipinski definition) is 3. The second-order valence-corrected chi connectivity index (χ2v) is 6.32. The molecule has 0 atom stereocenters. The van der Waals surface area contributed by atoms with E-state index >= 15 is 0 Å². The van der Waals surface area contributed by atoms with Crippen LogP contribution in [0.3, 0.4) is 0 Å². The fourth-order valence-electron chi connectivity index (χ4n) is 3.04. The molecule has 0 unspecified atom stereocenters. The molecular weight excluding hydrogens is 347 g/mol. The van der Waals surface area contributed by atoms with Gasteiger partial charge in [-0.1, -0.05) is 30.3 Å². The van der Waals surface area contributed by atoms with Crippen molar-refractivity contribution in [1.82, 2.24) is 10.2 Å². The lowest BCUT2D eigenvalue weighted by atomic mass is 10.2. The highest BCUT2D eigenvalue weighted by Gasteiger charge is 2.22. The van der Waals surface area contributed by atoms with Crippen LogP contribution < -0.4 is 15.5 Å². The predicted molar refractivity (Wildman–Crippen MR) is 103 cm³/mol. The third-order valence-electron chi connectivity index (χ3n) is 4.48. The summed E-state index contributed by atoms with van der Waals surface area (Å²) in [7, 11) is 0. The maximum absolute atomic E-state index is 13.9. The Kier molecular flexibility index (Phi) is 6.25. The van der Waals surface area contributed by atoms with Crippen LogP contribution in [0.1, 0.15) is 6.42 Å². The standard InChI is InChI=1S/C20H23FN4O2/c21-17-8-4-5-9-18(17)24-12-14-25(15-13-24)19(26)10-11-22-20(27)23-16-6-2-1-3-7-16/h1-9H,10-15H2,(H2,22,23,27). The van der Waals surface area contributed by atoms with Gasteiger partial charge in [0.05, 0.1) is 5.69 Å². The van der Waals surface area contributed by atoms with Gasteiger partial charge in [-0.25, -0.2) is 9.18 Å². The van der Waals surface area contributed by atoms with Gasteiger partial charge in [0.15, 0.2) is 0 Å². The predicted octanol–water partition coefficient (Wildman–Crippen LogP) is 2.69. The number of piperazine rings is 1. The summed E-state index contributed by atoms with van der Waals surface area (Å²) < 4.78 is 13.9. The monoisotopic (exact) mass is 370 g/mol. The lowest BCUT2D eigenvalue weighted by Crippen LogP contribution is -2.49. The minimum atomic E-state index is -0.335. The van der Waals surface area contributed by atoms with Gasteiger partial charge in [-0.2, -0.15) is 0 Å². The van der Waals surface area contributed by atoms with E-state index in [1.165, 1.54) is 6.07 Å². The van der Waals surface area contributed by atoms with E-state index in [1.54, 1.807) is 29.2 Å². The van der Waals surface area contributed by atoms with Gasteiger partial charge in [-0.05, 0) is 24.3 Å². The van der Waals surface area contributed by atoms with Crippen molar-refractivity contribution in [2.45, 2.75) is 6.42 Å². The van der Waals surface area contributed by atoms with Crippen LogP contribution in [0.25, 0.3) is 0 Å². The van der Waals surface area contributed by atoms with Crippen LogP contribution >= 0.6 is 0 Å². The molecule has 0 spiro atoms. The summed E-state index contributed by atoms with van der Waals surface area (Å²) in [5.41, 5.74) is 1.27.